The van der Waals surface area contributed by atoms with Crippen LogP contribution in [0.4, 0.5) is 5.13 Å². The summed E-state index contributed by atoms with van der Waals surface area (Å²) in [4.78, 5) is 29.2. The summed E-state index contributed by atoms with van der Waals surface area (Å²) in [6.07, 6.45) is 2.80. The van der Waals surface area contributed by atoms with Gasteiger partial charge in [0.05, 0.1) is 22.4 Å². The summed E-state index contributed by atoms with van der Waals surface area (Å²) in [5.41, 5.74) is 0.524. The average Bonchev–Trinajstić information content (AvgIpc) is 3.70. The molecule has 2 heterocycles. The maximum absolute atomic E-state index is 13.4. The number of benzene rings is 2. The number of aromatic nitrogens is 1. The molecule has 1 saturated carbocycles. The molecule has 1 unspecified atom stereocenters. The van der Waals surface area contributed by atoms with Crippen LogP contribution in [0.5, 0.6) is 10.8 Å². The minimum atomic E-state index is -3.35. The zero-order chi connectivity index (χ0) is 26.7. The van der Waals surface area contributed by atoms with Crippen molar-refractivity contribution in [3.8, 4) is 10.8 Å². The molecule has 1 aromatic heterocycles. The number of ether oxygens (including phenoxy) is 3. The quantitative estimate of drug-likeness (QED) is 0.369. The number of nitrogens with zero attached hydrogens (tertiary/aromatic N) is 1. The van der Waals surface area contributed by atoms with E-state index in [1.54, 1.807) is 24.3 Å². The van der Waals surface area contributed by atoms with Crippen LogP contribution in [0.3, 0.4) is 0 Å². The van der Waals surface area contributed by atoms with Crippen LogP contribution in [0.2, 0.25) is 0 Å². The lowest BCUT2D eigenvalue weighted by Gasteiger charge is -2.27. The van der Waals surface area contributed by atoms with Crippen LogP contribution in [0.15, 0.2) is 59.6 Å². The van der Waals surface area contributed by atoms with Crippen LogP contribution in [0, 0.1) is 0 Å². The molecule has 12 heteroatoms. The predicted octanol–water partition coefficient (Wildman–Crippen LogP) is 4.45. The normalized spacial score (nSPS) is 17.1. The molecule has 2 fully saturated rings. The van der Waals surface area contributed by atoms with Crippen LogP contribution in [-0.4, -0.2) is 55.0 Å². The summed E-state index contributed by atoms with van der Waals surface area (Å²) in [6.45, 7) is 1.06. The number of carbonyl (C=O) groups excluding carboxylic acids is 1. The van der Waals surface area contributed by atoms with Gasteiger partial charge in [0, 0.05) is 13.2 Å². The lowest BCUT2D eigenvalue weighted by Crippen LogP contribution is -2.31. The van der Waals surface area contributed by atoms with Gasteiger partial charge >= 0.3 is 5.97 Å². The van der Waals surface area contributed by atoms with E-state index in [0.29, 0.717) is 49.5 Å². The molecule has 1 aliphatic heterocycles. The van der Waals surface area contributed by atoms with Gasteiger partial charge < -0.3 is 19.3 Å². The Morgan fingerprint density at radius 2 is 1.76 bits per heavy atom. The fraction of sp³-hybridized carbons (Fsp3) is 0.346. The van der Waals surface area contributed by atoms with Crippen molar-refractivity contribution in [3.05, 3.63) is 65.9 Å². The number of nitrogens with one attached hydrogen (secondary N) is 1. The second kappa shape index (κ2) is 11.2. The van der Waals surface area contributed by atoms with Gasteiger partial charge in [-0.2, -0.15) is 0 Å². The molecule has 2 N–H and O–H groups in total. The number of amides is 1. The molecular formula is C26H26N2O8S2. The lowest BCUT2D eigenvalue weighted by atomic mass is 10.1. The van der Waals surface area contributed by atoms with E-state index in [2.05, 4.69) is 10.3 Å². The number of hydrogen-bond acceptors (Lipinski definition) is 9. The summed E-state index contributed by atoms with van der Waals surface area (Å²) in [5, 5.41) is 12.3. The summed E-state index contributed by atoms with van der Waals surface area (Å²) >= 11 is 1.04. The van der Waals surface area contributed by atoms with Crippen LogP contribution in [-0.2, 0) is 24.1 Å². The standard InChI is InChI=1S/C26H26N2O8S2/c29-24(28-26-27-15-22(37-26)36-21-4-2-1-3-20(21)25(30)31)23(35-17-11-13-34-14-12-17)16-5-7-18(8-6-16)38(32,33)19-9-10-19/h1-8,15,17,19,23H,9-14H2,(H,30,31)(H,27,28,29). The number of hydrogen-bond donors (Lipinski definition) is 2. The van der Waals surface area contributed by atoms with E-state index in [1.165, 1.54) is 30.5 Å². The monoisotopic (exact) mass is 558 g/mol. The van der Waals surface area contributed by atoms with E-state index in [4.69, 9.17) is 14.2 Å². The van der Waals surface area contributed by atoms with Gasteiger partial charge in [-0.15, -0.1) is 0 Å². The topological polar surface area (TPSA) is 141 Å². The highest BCUT2D eigenvalue weighted by Gasteiger charge is 2.37. The highest BCUT2D eigenvalue weighted by molar-refractivity contribution is 7.92. The fourth-order valence-electron chi connectivity index (χ4n) is 4.08. The maximum atomic E-state index is 13.4. The van der Waals surface area contributed by atoms with E-state index in [-0.39, 0.29) is 32.7 Å². The zero-order valence-corrected chi connectivity index (χ0v) is 21.9. The van der Waals surface area contributed by atoms with Gasteiger partial charge in [0.15, 0.2) is 21.1 Å². The number of carboxylic acid groups (broad SMARTS) is 1. The van der Waals surface area contributed by atoms with Gasteiger partial charge in [-0.25, -0.2) is 18.2 Å². The van der Waals surface area contributed by atoms with E-state index in [1.807, 2.05) is 0 Å². The second-order valence-corrected chi connectivity index (χ2v) is 12.2. The number of carboxylic acids is 1. The number of aromatic carboxylic acids is 1. The first-order chi connectivity index (χ1) is 18.3. The van der Waals surface area contributed by atoms with Gasteiger partial charge in [-0.1, -0.05) is 35.6 Å². The zero-order valence-electron chi connectivity index (χ0n) is 20.2. The number of carbonyl (C=O) groups is 2. The van der Waals surface area contributed by atoms with Crippen LogP contribution in [0.25, 0.3) is 0 Å². The molecule has 0 spiro atoms. The van der Waals surface area contributed by atoms with Crippen molar-refractivity contribution in [2.45, 2.75) is 48.0 Å². The number of thiazole rings is 1. The molecule has 1 aliphatic carbocycles. The van der Waals surface area contributed by atoms with Gasteiger partial charge in [0.25, 0.3) is 5.91 Å². The molecule has 10 nitrogen and oxygen atoms in total. The molecular weight excluding hydrogens is 532 g/mol. The molecule has 1 amide bonds. The Balaban J connectivity index is 1.33. The highest BCUT2D eigenvalue weighted by Crippen LogP contribution is 2.35. The van der Waals surface area contributed by atoms with Crippen LogP contribution >= 0.6 is 11.3 Å². The minimum absolute atomic E-state index is 0.00329. The lowest BCUT2D eigenvalue weighted by molar-refractivity contribution is -0.136. The maximum Gasteiger partial charge on any atom is 0.339 e. The van der Waals surface area contributed by atoms with Gasteiger partial charge in [0.1, 0.15) is 11.3 Å². The van der Waals surface area contributed by atoms with Crippen molar-refractivity contribution < 1.29 is 37.3 Å². The van der Waals surface area contributed by atoms with E-state index in [9.17, 15) is 23.1 Å². The smallest absolute Gasteiger partial charge is 0.339 e. The van der Waals surface area contributed by atoms with Gasteiger partial charge in [-0.05, 0) is 55.5 Å². The Morgan fingerprint density at radius 1 is 1.05 bits per heavy atom. The third kappa shape index (κ3) is 6.04. The molecule has 200 valence electrons. The largest absolute Gasteiger partial charge is 0.478 e. The van der Waals surface area contributed by atoms with Crippen molar-refractivity contribution in [1.29, 1.82) is 0 Å². The van der Waals surface area contributed by atoms with Crippen LogP contribution in [0.1, 0.15) is 47.7 Å². The van der Waals surface area contributed by atoms with Crippen molar-refractivity contribution in [3.63, 3.8) is 0 Å². The van der Waals surface area contributed by atoms with Crippen LogP contribution < -0.4 is 10.1 Å². The van der Waals surface area contributed by atoms with Gasteiger partial charge in [0.2, 0.25) is 5.06 Å². The van der Waals surface area contributed by atoms with Gasteiger partial charge in [-0.3, -0.25) is 10.1 Å². The predicted molar refractivity (Wildman–Crippen MR) is 139 cm³/mol. The number of sulfone groups is 1. The Bertz CT molecular complexity index is 1410. The molecule has 1 saturated heterocycles. The molecule has 1 atom stereocenters. The Hall–Kier alpha value is -3.32. The third-order valence-electron chi connectivity index (χ3n) is 6.25. The molecule has 38 heavy (non-hydrogen) atoms. The summed E-state index contributed by atoms with van der Waals surface area (Å²) in [7, 11) is -3.35. The van der Waals surface area contributed by atoms with E-state index >= 15 is 0 Å². The number of para-hydroxylation sites is 1. The molecule has 2 aliphatic rings. The SMILES string of the molecule is O=C(O)c1ccccc1Oc1cnc(NC(=O)C(OC2CCOCC2)c2ccc(S(=O)(=O)C3CC3)cc2)s1. The summed E-state index contributed by atoms with van der Waals surface area (Å²) < 4.78 is 42.4. The Kier molecular flexibility index (Phi) is 7.75. The first-order valence-corrected chi connectivity index (χ1v) is 14.5. The first kappa shape index (κ1) is 26.3. The Morgan fingerprint density at radius 3 is 2.45 bits per heavy atom. The van der Waals surface area contributed by atoms with E-state index < -0.39 is 27.8 Å². The second-order valence-electron chi connectivity index (χ2n) is 9.02. The highest BCUT2D eigenvalue weighted by atomic mass is 32.2. The molecule has 5 rings (SSSR count). The molecule has 3 aromatic rings. The first-order valence-electron chi connectivity index (χ1n) is 12.1. The molecule has 0 radical (unpaired) electrons. The number of anilines is 1. The summed E-state index contributed by atoms with van der Waals surface area (Å²) in [6, 6.07) is 12.5. The minimum Gasteiger partial charge on any atom is -0.478 e. The Labute approximate surface area is 223 Å². The van der Waals surface area contributed by atoms with Crippen molar-refractivity contribution in [2.24, 2.45) is 0 Å². The van der Waals surface area contributed by atoms with Crippen molar-refractivity contribution in [1.82, 2.24) is 4.98 Å². The van der Waals surface area contributed by atoms with E-state index in [0.717, 1.165) is 11.3 Å². The van der Waals surface area contributed by atoms with Crippen molar-refractivity contribution in [2.75, 3.05) is 18.5 Å². The summed E-state index contributed by atoms with van der Waals surface area (Å²) in [5.74, 6) is -1.44. The average molecular weight is 559 g/mol. The van der Waals surface area contributed by atoms with Crippen molar-refractivity contribution >= 4 is 38.2 Å². The molecule has 2 aromatic carbocycles. The fourth-order valence-corrected chi connectivity index (χ4v) is 6.42. The third-order valence-corrected chi connectivity index (χ3v) is 9.32. The molecule has 0 bridgehead atoms. The number of rotatable bonds is 10.